The smallest absolute Gasteiger partial charge is 0.341 e. The fraction of sp³-hybridized carbons (Fsp3) is 0.529. The molecule has 2 N–H and O–H groups in total. The van der Waals surface area contributed by atoms with Crippen LogP contribution in [0.3, 0.4) is 0 Å². The molecule has 1 fully saturated rings. The number of esters is 1. The van der Waals surface area contributed by atoms with Crippen LogP contribution in [0.4, 0.5) is 0 Å². The van der Waals surface area contributed by atoms with Crippen molar-refractivity contribution in [1.29, 1.82) is 0 Å². The molecule has 1 amide bonds. The lowest BCUT2D eigenvalue weighted by Crippen LogP contribution is -2.36. The minimum atomic E-state index is -0.474. The van der Waals surface area contributed by atoms with E-state index in [2.05, 4.69) is 10.6 Å². The highest BCUT2D eigenvalue weighted by molar-refractivity contribution is 5.92. The number of carbonyl (C=O) groups excluding carboxylic acids is 2. The molecule has 1 aromatic rings. The van der Waals surface area contributed by atoms with Gasteiger partial charge in [-0.3, -0.25) is 4.79 Å². The Morgan fingerprint density at radius 3 is 2.76 bits per heavy atom. The summed E-state index contributed by atoms with van der Waals surface area (Å²) in [7, 11) is 2.80. The molecular weight excluding hydrogens is 348 g/mol. The second-order valence-electron chi connectivity index (χ2n) is 5.57. The zero-order valence-electron chi connectivity index (χ0n) is 14.5. The summed E-state index contributed by atoms with van der Waals surface area (Å²) >= 11 is 0. The van der Waals surface area contributed by atoms with Gasteiger partial charge < -0.3 is 24.8 Å². The monoisotopic (exact) mass is 372 g/mol. The SMILES string of the molecule is COC(=O)c1cc(CNC(=O)CNCC2CCCO2)ccc1OC.Cl. The third-order valence-electron chi connectivity index (χ3n) is 3.84. The quantitative estimate of drug-likeness (QED) is 0.669. The van der Waals surface area contributed by atoms with Gasteiger partial charge in [0, 0.05) is 19.7 Å². The van der Waals surface area contributed by atoms with E-state index in [9.17, 15) is 9.59 Å². The van der Waals surface area contributed by atoms with Crippen LogP contribution >= 0.6 is 12.4 Å². The van der Waals surface area contributed by atoms with Gasteiger partial charge in [-0.1, -0.05) is 6.07 Å². The van der Waals surface area contributed by atoms with Crippen LogP contribution in [0.5, 0.6) is 5.75 Å². The van der Waals surface area contributed by atoms with Gasteiger partial charge in [-0.2, -0.15) is 0 Å². The molecule has 2 rings (SSSR count). The molecule has 1 heterocycles. The molecular formula is C17H25ClN2O5. The highest BCUT2D eigenvalue weighted by atomic mass is 35.5. The van der Waals surface area contributed by atoms with E-state index in [1.54, 1.807) is 18.2 Å². The van der Waals surface area contributed by atoms with Crippen LogP contribution in [0.2, 0.25) is 0 Å². The molecule has 8 heteroatoms. The molecule has 0 aromatic heterocycles. The lowest BCUT2D eigenvalue weighted by Gasteiger charge is -2.12. The van der Waals surface area contributed by atoms with Crippen LogP contribution in [-0.4, -0.2) is 51.9 Å². The van der Waals surface area contributed by atoms with Crippen molar-refractivity contribution in [2.45, 2.75) is 25.5 Å². The first kappa shape index (κ1) is 21.2. The maximum Gasteiger partial charge on any atom is 0.341 e. The Bertz CT molecular complexity index is 576. The first-order chi connectivity index (χ1) is 11.6. The summed E-state index contributed by atoms with van der Waals surface area (Å²) in [5, 5.41) is 5.90. The van der Waals surface area contributed by atoms with E-state index in [0.29, 0.717) is 24.4 Å². The van der Waals surface area contributed by atoms with Crippen molar-refractivity contribution in [2.75, 3.05) is 33.9 Å². The maximum absolute atomic E-state index is 11.9. The Kier molecular flexibility index (Phi) is 9.26. The van der Waals surface area contributed by atoms with Crippen LogP contribution in [-0.2, 0) is 20.8 Å². The molecule has 1 unspecified atom stereocenters. The number of benzene rings is 1. The number of hydrogen-bond donors (Lipinski definition) is 2. The number of halogens is 1. The average molecular weight is 373 g/mol. The third kappa shape index (κ3) is 6.53. The number of ether oxygens (including phenoxy) is 3. The van der Waals surface area contributed by atoms with Crippen LogP contribution in [0.1, 0.15) is 28.8 Å². The summed E-state index contributed by atoms with van der Waals surface area (Å²) in [6.07, 6.45) is 2.33. The van der Waals surface area contributed by atoms with E-state index in [1.807, 2.05) is 0 Å². The van der Waals surface area contributed by atoms with Gasteiger partial charge in [-0.05, 0) is 30.5 Å². The molecule has 1 saturated heterocycles. The van der Waals surface area contributed by atoms with Crippen molar-refractivity contribution < 1.29 is 23.8 Å². The van der Waals surface area contributed by atoms with Crippen molar-refractivity contribution in [3.05, 3.63) is 29.3 Å². The molecule has 0 radical (unpaired) electrons. The molecule has 140 valence electrons. The molecule has 7 nitrogen and oxygen atoms in total. The molecule has 0 bridgehead atoms. The van der Waals surface area contributed by atoms with E-state index in [1.165, 1.54) is 14.2 Å². The van der Waals surface area contributed by atoms with E-state index < -0.39 is 5.97 Å². The second kappa shape index (κ2) is 10.9. The molecule has 0 spiro atoms. The topological polar surface area (TPSA) is 85.9 Å². The zero-order chi connectivity index (χ0) is 17.4. The van der Waals surface area contributed by atoms with E-state index in [4.69, 9.17) is 14.2 Å². The van der Waals surface area contributed by atoms with E-state index in [-0.39, 0.29) is 31.0 Å². The Morgan fingerprint density at radius 2 is 2.12 bits per heavy atom. The van der Waals surface area contributed by atoms with Gasteiger partial charge in [0.05, 0.1) is 26.9 Å². The third-order valence-corrected chi connectivity index (χ3v) is 3.84. The molecule has 0 saturated carbocycles. The van der Waals surface area contributed by atoms with Crippen molar-refractivity contribution >= 4 is 24.3 Å². The van der Waals surface area contributed by atoms with Crippen LogP contribution in [0, 0.1) is 0 Å². The molecule has 1 aliphatic heterocycles. The number of amides is 1. The predicted octanol–water partition coefficient (Wildman–Crippen LogP) is 1.29. The summed E-state index contributed by atoms with van der Waals surface area (Å²) in [5.74, 6) is -0.142. The average Bonchev–Trinajstić information content (AvgIpc) is 3.12. The number of methoxy groups -OCH3 is 2. The van der Waals surface area contributed by atoms with Crippen molar-refractivity contribution in [2.24, 2.45) is 0 Å². The van der Waals surface area contributed by atoms with Gasteiger partial charge >= 0.3 is 5.97 Å². The minimum Gasteiger partial charge on any atom is -0.496 e. The molecule has 0 aliphatic carbocycles. The number of hydrogen-bond acceptors (Lipinski definition) is 6. The van der Waals surface area contributed by atoms with Gasteiger partial charge in [0.15, 0.2) is 0 Å². The van der Waals surface area contributed by atoms with Gasteiger partial charge in [0.25, 0.3) is 0 Å². The standard InChI is InChI=1S/C17H24N2O5.ClH/c1-22-15-6-5-12(8-14(15)17(21)23-2)9-19-16(20)11-18-10-13-4-3-7-24-13;/h5-6,8,13,18H,3-4,7,9-11H2,1-2H3,(H,19,20);1H. The van der Waals surface area contributed by atoms with Crippen LogP contribution in [0.15, 0.2) is 18.2 Å². The Morgan fingerprint density at radius 1 is 1.32 bits per heavy atom. The molecule has 25 heavy (non-hydrogen) atoms. The molecule has 1 aliphatic rings. The lowest BCUT2D eigenvalue weighted by atomic mass is 10.1. The van der Waals surface area contributed by atoms with Crippen molar-refractivity contribution in [1.82, 2.24) is 10.6 Å². The summed E-state index contributed by atoms with van der Waals surface area (Å²) in [6.45, 7) is 2.05. The Labute approximate surface area is 153 Å². The highest BCUT2D eigenvalue weighted by Gasteiger charge is 2.16. The maximum atomic E-state index is 11.9. The van der Waals surface area contributed by atoms with Gasteiger partial charge in [-0.25, -0.2) is 4.79 Å². The molecule has 1 aromatic carbocycles. The summed E-state index contributed by atoms with van der Waals surface area (Å²) in [4.78, 5) is 23.6. The van der Waals surface area contributed by atoms with Gasteiger partial charge in [0.2, 0.25) is 5.91 Å². The lowest BCUT2D eigenvalue weighted by molar-refractivity contribution is -0.120. The zero-order valence-corrected chi connectivity index (χ0v) is 15.3. The highest BCUT2D eigenvalue weighted by Crippen LogP contribution is 2.20. The summed E-state index contributed by atoms with van der Waals surface area (Å²) in [5.41, 5.74) is 1.13. The van der Waals surface area contributed by atoms with Gasteiger partial charge in [0.1, 0.15) is 11.3 Å². The molecule has 1 atom stereocenters. The number of carbonyl (C=O) groups is 2. The summed E-state index contributed by atoms with van der Waals surface area (Å²) in [6, 6.07) is 5.14. The van der Waals surface area contributed by atoms with E-state index in [0.717, 1.165) is 25.0 Å². The fourth-order valence-corrected chi connectivity index (χ4v) is 2.55. The normalized spacial score (nSPS) is 16.0. The number of nitrogens with one attached hydrogen (secondary N) is 2. The first-order valence-electron chi connectivity index (χ1n) is 7.98. The second-order valence-corrected chi connectivity index (χ2v) is 5.57. The largest absolute Gasteiger partial charge is 0.496 e. The minimum absolute atomic E-state index is 0. The Hall–Kier alpha value is -1.83. The van der Waals surface area contributed by atoms with E-state index >= 15 is 0 Å². The number of rotatable bonds is 8. The van der Waals surface area contributed by atoms with Gasteiger partial charge in [-0.15, -0.1) is 12.4 Å². The fourth-order valence-electron chi connectivity index (χ4n) is 2.55. The Balaban J connectivity index is 0.00000312. The van der Waals surface area contributed by atoms with Crippen molar-refractivity contribution in [3.8, 4) is 5.75 Å². The summed E-state index contributed by atoms with van der Waals surface area (Å²) < 4.78 is 15.4. The van der Waals surface area contributed by atoms with Crippen LogP contribution in [0.25, 0.3) is 0 Å². The van der Waals surface area contributed by atoms with Crippen LogP contribution < -0.4 is 15.4 Å². The predicted molar refractivity (Wildman–Crippen MR) is 95.3 cm³/mol. The first-order valence-corrected chi connectivity index (χ1v) is 7.98. The van der Waals surface area contributed by atoms with Crippen molar-refractivity contribution in [3.63, 3.8) is 0 Å².